The average Bonchev–Trinajstić information content (AvgIpc) is 2.66. The fourth-order valence-corrected chi connectivity index (χ4v) is 2.37. The van der Waals surface area contributed by atoms with Gasteiger partial charge in [0.1, 0.15) is 0 Å². The van der Waals surface area contributed by atoms with Gasteiger partial charge in [0, 0.05) is 19.7 Å². The van der Waals surface area contributed by atoms with Crippen LogP contribution < -0.4 is 9.47 Å². The van der Waals surface area contributed by atoms with E-state index in [1.165, 1.54) is 12.0 Å². The summed E-state index contributed by atoms with van der Waals surface area (Å²) in [6, 6.07) is 13.7. The number of likely N-dealkylation sites (N-methyl/N-ethyl adjacent to an activating group) is 1. The minimum Gasteiger partial charge on any atom is -0.493 e. The van der Waals surface area contributed by atoms with Crippen molar-refractivity contribution in [1.29, 1.82) is 0 Å². The number of nitrogens with zero attached hydrogens (tertiary/aromatic N) is 1. The molecule has 1 atom stereocenters. The first kappa shape index (κ1) is 19.3. The van der Waals surface area contributed by atoms with Gasteiger partial charge in [-0.1, -0.05) is 30.3 Å². The van der Waals surface area contributed by atoms with Gasteiger partial charge in [-0.25, -0.2) is 4.79 Å². The van der Waals surface area contributed by atoms with Crippen molar-refractivity contribution in [2.45, 2.75) is 13.0 Å². The van der Waals surface area contributed by atoms with Crippen LogP contribution in [0.4, 0.5) is 0 Å². The van der Waals surface area contributed by atoms with E-state index in [2.05, 4.69) is 0 Å². The third kappa shape index (κ3) is 4.53. The van der Waals surface area contributed by atoms with Crippen LogP contribution in [0.15, 0.2) is 48.5 Å². The highest BCUT2D eigenvalue weighted by Gasteiger charge is 2.27. The summed E-state index contributed by atoms with van der Waals surface area (Å²) in [7, 11) is 4.76. The SMILES string of the molecule is CCOc1cc(C(=O)OC(C(=O)N(C)C)c2ccccc2)ccc1OC. The van der Waals surface area contributed by atoms with Gasteiger partial charge in [0.25, 0.3) is 5.91 Å². The number of hydrogen-bond acceptors (Lipinski definition) is 5. The van der Waals surface area contributed by atoms with Crippen molar-refractivity contribution in [1.82, 2.24) is 4.90 Å². The van der Waals surface area contributed by atoms with Crippen LogP contribution in [-0.2, 0) is 9.53 Å². The van der Waals surface area contributed by atoms with E-state index in [0.717, 1.165) is 0 Å². The molecule has 138 valence electrons. The second-order valence-electron chi connectivity index (χ2n) is 5.73. The molecule has 2 aromatic rings. The molecule has 0 aliphatic rings. The molecule has 0 heterocycles. The Labute approximate surface area is 153 Å². The molecule has 2 aromatic carbocycles. The number of carbonyl (C=O) groups excluding carboxylic acids is 2. The zero-order chi connectivity index (χ0) is 19.1. The van der Waals surface area contributed by atoms with Crippen molar-refractivity contribution in [2.75, 3.05) is 27.8 Å². The zero-order valence-electron chi connectivity index (χ0n) is 15.4. The lowest BCUT2D eigenvalue weighted by Gasteiger charge is -2.21. The number of benzene rings is 2. The van der Waals surface area contributed by atoms with E-state index in [-0.39, 0.29) is 11.5 Å². The Morgan fingerprint density at radius 3 is 2.31 bits per heavy atom. The molecule has 0 saturated carbocycles. The van der Waals surface area contributed by atoms with Crippen LogP contribution in [-0.4, -0.2) is 44.6 Å². The van der Waals surface area contributed by atoms with Gasteiger partial charge in [-0.05, 0) is 25.1 Å². The third-order valence-corrected chi connectivity index (χ3v) is 3.69. The lowest BCUT2D eigenvalue weighted by Crippen LogP contribution is -2.31. The molecule has 2 rings (SSSR count). The number of methoxy groups -OCH3 is 1. The van der Waals surface area contributed by atoms with Crippen molar-refractivity contribution in [3.63, 3.8) is 0 Å². The van der Waals surface area contributed by atoms with Crippen LogP contribution in [0.5, 0.6) is 11.5 Å². The van der Waals surface area contributed by atoms with Gasteiger partial charge in [-0.15, -0.1) is 0 Å². The molecule has 0 fully saturated rings. The first-order chi connectivity index (χ1) is 12.5. The zero-order valence-corrected chi connectivity index (χ0v) is 15.4. The first-order valence-corrected chi connectivity index (χ1v) is 8.25. The quantitative estimate of drug-likeness (QED) is 0.713. The number of rotatable bonds is 7. The first-order valence-electron chi connectivity index (χ1n) is 8.25. The molecule has 0 N–H and O–H groups in total. The Kier molecular flexibility index (Phi) is 6.60. The van der Waals surface area contributed by atoms with Crippen molar-refractivity contribution in [3.05, 3.63) is 59.7 Å². The average molecular weight is 357 g/mol. The summed E-state index contributed by atoms with van der Waals surface area (Å²) >= 11 is 0. The summed E-state index contributed by atoms with van der Waals surface area (Å²) in [5.41, 5.74) is 0.889. The van der Waals surface area contributed by atoms with Crippen LogP contribution in [0.3, 0.4) is 0 Å². The molecule has 0 spiro atoms. The van der Waals surface area contributed by atoms with E-state index in [1.54, 1.807) is 56.6 Å². The number of amides is 1. The van der Waals surface area contributed by atoms with Crippen molar-refractivity contribution in [3.8, 4) is 11.5 Å². The Hall–Kier alpha value is -3.02. The number of esters is 1. The lowest BCUT2D eigenvalue weighted by atomic mass is 10.1. The highest BCUT2D eigenvalue weighted by atomic mass is 16.5. The Balaban J connectivity index is 2.29. The van der Waals surface area contributed by atoms with Crippen LogP contribution in [0.25, 0.3) is 0 Å². The Morgan fingerprint density at radius 1 is 1.04 bits per heavy atom. The summed E-state index contributed by atoms with van der Waals surface area (Å²) in [5.74, 6) is 0.0350. The predicted molar refractivity (Wildman–Crippen MR) is 97.5 cm³/mol. The Morgan fingerprint density at radius 2 is 1.73 bits per heavy atom. The van der Waals surface area contributed by atoms with Crippen LogP contribution in [0, 0.1) is 0 Å². The summed E-state index contributed by atoms with van der Waals surface area (Å²) in [4.78, 5) is 26.5. The maximum absolute atomic E-state index is 12.6. The molecular weight excluding hydrogens is 334 g/mol. The maximum Gasteiger partial charge on any atom is 0.339 e. The van der Waals surface area contributed by atoms with Gasteiger partial charge in [-0.3, -0.25) is 4.79 Å². The van der Waals surface area contributed by atoms with Gasteiger partial charge in [-0.2, -0.15) is 0 Å². The predicted octanol–water partition coefficient (Wildman–Crippen LogP) is 3.08. The van der Waals surface area contributed by atoms with E-state index < -0.39 is 12.1 Å². The largest absolute Gasteiger partial charge is 0.493 e. The fraction of sp³-hybridized carbons (Fsp3) is 0.300. The monoisotopic (exact) mass is 357 g/mol. The number of carbonyl (C=O) groups is 2. The molecule has 1 amide bonds. The molecule has 6 nitrogen and oxygen atoms in total. The smallest absolute Gasteiger partial charge is 0.339 e. The molecule has 0 saturated heterocycles. The second kappa shape index (κ2) is 8.89. The molecule has 6 heteroatoms. The van der Waals surface area contributed by atoms with E-state index in [4.69, 9.17) is 14.2 Å². The highest BCUT2D eigenvalue weighted by molar-refractivity contribution is 5.93. The van der Waals surface area contributed by atoms with Crippen LogP contribution in [0.2, 0.25) is 0 Å². The second-order valence-corrected chi connectivity index (χ2v) is 5.73. The van der Waals surface area contributed by atoms with E-state index >= 15 is 0 Å². The number of hydrogen-bond donors (Lipinski definition) is 0. The molecule has 0 bridgehead atoms. The molecule has 0 aliphatic carbocycles. The van der Waals surface area contributed by atoms with E-state index in [9.17, 15) is 9.59 Å². The standard InChI is InChI=1S/C20H23NO5/c1-5-25-17-13-15(11-12-16(17)24-4)20(23)26-18(19(22)21(2)3)14-9-7-6-8-10-14/h6-13,18H,5H2,1-4H3. The molecule has 26 heavy (non-hydrogen) atoms. The van der Waals surface area contributed by atoms with E-state index in [0.29, 0.717) is 23.7 Å². The Bertz CT molecular complexity index is 758. The van der Waals surface area contributed by atoms with Gasteiger partial charge in [0.05, 0.1) is 19.3 Å². The maximum atomic E-state index is 12.6. The fourth-order valence-electron chi connectivity index (χ4n) is 2.37. The van der Waals surface area contributed by atoms with Crippen LogP contribution in [0.1, 0.15) is 28.9 Å². The summed E-state index contributed by atoms with van der Waals surface area (Å²) in [6.45, 7) is 2.27. The molecule has 1 unspecified atom stereocenters. The molecule has 0 aliphatic heterocycles. The topological polar surface area (TPSA) is 65.1 Å². The molecule has 0 aromatic heterocycles. The molecule has 0 radical (unpaired) electrons. The van der Waals surface area contributed by atoms with E-state index in [1.807, 2.05) is 13.0 Å². The highest BCUT2D eigenvalue weighted by Crippen LogP contribution is 2.29. The van der Waals surface area contributed by atoms with Crippen molar-refractivity contribution in [2.24, 2.45) is 0 Å². The van der Waals surface area contributed by atoms with Crippen molar-refractivity contribution < 1.29 is 23.8 Å². The summed E-state index contributed by atoms with van der Waals surface area (Å²) in [5, 5.41) is 0. The molecular formula is C20H23NO5. The minimum atomic E-state index is -1.02. The van der Waals surface area contributed by atoms with Crippen LogP contribution >= 0.6 is 0 Å². The number of ether oxygens (including phenoxy) is 3. The third-order valence-electron chi connectivity index (χ3n) is 3.69. The summed E-state index contributed by atoms with van der Waals surface area (Å²) in [6.07, 6.45) is -1.02. The lowest BCUT2D eigenvalue weighted by molar-refractivity contribution is -0.138. The van der Waals surface area contributed by atoms with Gasteiger partial charge in [0.2, 0.25) is 6.10 Å². The normalized spacial score (nSPS) is 11.4. The van der Waals surface area contributed by atoms with Crippen molar-refractivity contribution >= 4 is 11.9 Å². The summed E-state index contributed by atoms with van der Waals surface area (Å²) < 4.78 is 16.2. The van der Waals surface area contributed by atoms with Gasteiger partial charge < -0.3 is 19.1 Å². The van der Waals surface area contributed by atoms with Gasteiger partial charge in [0.15, 0.2) is 11.5 Å². The minimum absolute atomic E-state index is 0.279. The van der Waals surface area contributed by atoms with Gasteiger partial charge >= 0.3 is 5.97 Å².